The van der Waals surface area contributed by atoms with Gasteiger partial charge in [0.05, 0.1) is 7.11 Å². The van der Waals surface area contributed by atoms with Crippen LogP contribution >= 0.6 is 0 Å². The molecule has 0 aliphatic carbocycles. The number of methoxy groups -OCH3 is 1. The maximum absolute atomic E-state index is 13.5. The standard InChI is InChI=1S/C12H16FNO2/c1-3-8-14-11(12(15)16-2)9-6-4-5-7-10(9)13/h4-7,11,14H,3,8H2,1-2H3. The van der Waals surface area contributed by atoms with E-state index < -0.39 is 17.8 Å². The van der Waals surface area contributed by atoms with Crippen LogP contribution in [-0.2, 0) is 9.53 Å². The summed E-state index contributed by atoms with van der Waals surface area (Å²) in [6, 6.07) is 5.47. The predicted octanol–water partition coefficient (Wildman–Crippen LogP) is 2.04. The first kappa shape index (κ1) is 12.6. The zero-order chi connectivity index (χ0) is 12.0. The van der Waals surface area contributed by atoms with Gasteiger partial charge in [0.25, 0.3) is 0 Å². The quantitative estimate of drug-likeness (QED) is 0.779. The first-order valence-corrected chi connectivity index (χ1v) is 5.26. The second-order valence-electron chi connectivity index (χ2n) is 3.43. The Morgan fingerprint density at radius 1 is 1.50 bits per heavy atom. The molecule has 0 saturated heterocycles. The molecule has 0 radical (unpaired) electrons. The molecule has 1 aromatic carbocycles. The third kappa shape index (κ3) is 3.03. The number of hydrogen-bond acceptors (Lipinski definition) is 3. The highest BCUT2D eigenvalue weighted by molar-refractivity contribution is 5.77. The number of esters is 1. The lowest BCUT2D eigenvalue weighted by Gasteiger charge is -2.16. The van der Waals surface area contributed by atoms with Crippen molar-refractivity contribution in [3.8, 4) is 0 Å². The van der Waals surface area contributed by atoms with Gasteiger partial charge in [-0.15, -0.1) is 0 Å². The van der Waals surface area contributed by atoms with Crippen LogP contribution in [0.25, 0.3) is 0 Å². The van der Waals surface area contributed by atoms with Crippen molar-refractivity contribution in [3.63, 3.8) is 0 Å². The Morgan fingerprint density at radius 3 is 2.75 bits per heavy atom. The third-order valence-corrected chi connectivity index (χ3v) is 2.25. The second kappa shape index (κ2) is 6.23. The Kier molecular flexibility index (Phi) is 4.92. The first-order valence-electron chi connectivity index (χ1n) is 5.26. The molecule has 3 nitrogen and oxygen atoms in total. The van der Waals surface area contributed by atoms with E-state index in [1.54, 1.807) is 18.2 Å². The molecule has 0 aromatic heterocycles. The fraction of sp³-hybridized carbons (Fsp3) is 0.417. The van der Waals surface area contributed by atoms with Crippen LogP contribution in [-0.4, -0.2) is 19.6 Å². The molecule has 0 spiro atoms. The van der Waals surface area contributed by atoms with Gasteiger partial charge in [-0.3, -0.25) is 0 Å². The van der Waals surface area contributed by atoms with Crippen LogP contribution in [0.4, 0.5) is 4.39 Å². The predicted molar refractivity (Wildman–Crippen MR) is 59.5 cm³/mol. The molecule has 1 N–H and O–H groups in total. The summed E-state index contributed by atoms with van der Waals surface area (Å²) in [5, 5.41) is 2.96. The van der Waals surface area contributed by atoms with Crippen molar-refractivity contribution >= 4 is 5.97 Å². The van der Waals surface area contributed by atoms with Gasteiger partial charge in [0, 0.05) is 5.56 Å². The van der Waals surface area contributed by atoms with Crippen LogP contribution in [0.15, 0.2) is 24.3 Å². The van der Waals surface area contributed by atoms with Crippen LogP contribution in [0.1, 0.15) is 24.9 Å². The highest BCUT2D eigenvalue weighted by Gasteiger charge is 2.23. The summed E-state index contributed by atoms with van der Waals surface area (Å²) in [7, 11) is 1.30. The molecule has 16 heavy (non-hydrogen) atoms. The van der Waals surface area contributed by atoms with Gasteiger partial charge >= 0.3 is 5.97 Å². The summed E-state index contributed by atoms with van der Waals surface area (Å²) in [5.41, 5.74) is 0.322. The Balaban J connectivity index is 2.92. The van der Waals surface area contributed by atoms with E-state index in [0.29, 0.717) is 12.1 Å². The van der Waals surface area contributed by atoms with E-state index in [1.165, 1.54) is 13.2 Å². The van der Waals surface area contributed by atoms with E-state index in [4.69, 9.17) is 0 Å². The van der Waals surface area contributed by atoms with Crippen molar-refractivity contribution in [1.29, 1.82) is 0 Å². The van der Waals surface area contributed by atoms with E-state index in [9.17, 15) is 9.18 Å². The van der Waals surface area contributed by atoms with Crippen LogP contribution < -0.4 is 5.32 Å². The van der Waals surface area contributed by atoms with Crippen molar-refractivity contribution in [2.24, 2.45) is 0 Å². The maximum atomic E-state index is 13.5. The molecule has 1 atom stereocenters. The smallest absolute Gasteiger partial charge is 0.327 e. The molecule has 1 unspecified atom stereocenters. The van der Waals surface area contributed by atoms with Crippen molar-refractivity contribution < 1.29 is 13.9 Å². The zero-order valence-electron chi connectivity index (χ0n) is 9.50. The normalized spacial score (nSPS) is 12.2. The van der Waals surface area contributed by atoms with Crippen LogP contribution in [0.2, 0.25) is 0 Å². The molecule has 0 bridgehead atoms. The number of ether oxygens (including phenoxy) is 1. The number of hydrogen-bond donors (Lipinski definition) is 1. The average molecular weight is 225 g/mol. The summed E-state index contributed by atoms with van der Waals surface area (Å²) in [5.74, 6) is -0.875. The molecule has 0 aliphatic rings. The minimum Gasteiger partial charge on any atom is -0.468 e. The largest absolute Gasteiger partial charge is 0.468 e. The van der Waals surface area contributed by atoms with Crippen molar-refractivity contribution in [2.75, 3.05) is 13.7 Å². The molecular weight excluding hydrogens is 209 g/mol. The van der Waals surface area contributed by atoms with Crippen molar-refractivity contribution in [3.05, 3.63) is 35.6 Å². The molecule has 88 valence electrons. The molecule has 1 rings (SSSR count). The van der Waals surface area contributed by atoms with E-state index >= 15 is 0 Å². The number of rotatable bonds is 5. The Hall–Kier alpha value is -1.42. The number of halogens is 1. The Bertz CT molecular complexity index is 355. The van der Waals surface area contributed by atoms with Gasteiger partial charge in [-0.2, -0.15) is 0 Å². The van der Waals surface area contributed by atoms with Gasteiger partial charge in [0.2, 0.25) is 0 Å². The SMILES string of the molecule is CCCNC(C(=O)OC)c1ccccc1F. The molecule has 4 heteroatoms. The molecule has 0 heterocycles. The second-order valence-corrected chi connectivity index (χ2v) is 3.43. The topological polar surface area (TPSA) is 38.3 Å². The van der Waals surface area contributed by atoms with Gasteiger partial charge in [-0.25, -0.2) is 9.18 Å². The molecule has 0 fully saturated rings. The highest BCUT2D eigenvalue weighted by Crippen LogP contribution is 2.17. The van der Waals surface area contributed by atoms with E-state index in [2.05, 4.69) is 10.1 Å². The summed E-state index contributed by atoms with van der Waals surface area (Å²) < 4.78 is 18.2. The molecule has 0 amide bonds. The van der Waals surface area contributed by atoms with E-state index in [1.807, 2.05) is 6.92 Å². The van der Waals surface area contributed by atoms with Gasteiger partial charge < -0.3 is 10.1 Å². The Morgan fingerprint density at radius 2 is 2.19 bits per heavy atom. The highest BCUT2D eigenvalue weighted by atomic mass is 19.1. The summed E-state index contributed by atoms with van der Waals surface area (Å²) in [4.78, 5) is 11.5. The van der Waals surface area contributed by atoms with Crippen molar-refractivity contribution in [1.82, 2.24) is 5.32 Å². The minimum atomic E-state index is -0.730. The van der Waals surface area contributed by atoms with Crippen LogP contribution in [0.3, 0.4) is 0 Å². The monoisotopic (exact) mass is 225 g/mol. The zero-order valence-corrected chi connectivity index (χ0v) is 9.50. The number of benzene rings is 1. The number of nitrogens with one attached hydrogen (secondary N) is 1. The minimum absolute atomic E-state index is 0.322. The molecular formula is C12H16FNO2. The fourth-order valence-corrected chi connectivity index (χ4v) is 1.44. The summed E-state index contributed by atoms with van der Waals surface area (Å²) >= 11 is 0. The van der Waals surface area contributed by atoms with Gasteiger partial charge in [0.1, 0.15) is 11.9 Å². The molecule has 0 saturated carbocycles. The van der Waals surface area contributed by atoms with Gasteiger partial charge in [-0.05, 0) is 19.0 Å². The number of carbonyl (C=O) groups excluding carboxylic acids is 1. The van der Waals surface area contributed by atoms with Gasteiger partial charge in [-0.1, -0.05) is 25.1 Å². The van der Waals surface area contributed by atoms with Gasteiger partial charge in [0.15, 0.2) is 0 Å². The van der Waals surface area contributed by atoms with Crippen molar-refractivity contribution in [2.45, 2.75) is 19.4 Å². The van der Waals surface area contributed by atoms with Crippen LogP contribution in [0, 0.1) is 5.82 Å². The number of carbonyl (C=O) groups is 1. The lowest BCUT2D eigenvalue weighted by molar-refractivity contribution is -0.143. The summed E-state index contributed by atoms with van der Waals surface area (Å²) in [6.45, 7) is 2.61. The average Bonchev–Trinajstić information content (AvgIpc) is 2.31. The fourth-order valence-electron chi connectivity index (χ4n) is 1.44. The van der Waals surface area contributed by atoms with E-state index in [0.717, 1.165) is 6.42 Å². The molecule has 1 aromatic rings. The van der Waals surface area contributed by atoms with E-state index in [-0.39, 0.29) is 0 Å². The Labute approximate surface area is 94.6 Å². The third-order valence-electron chi connectivity index (χ3n) is 2.25. The lowest BCUT2D eigenvalue weighted by Crippen LogP contribution is -2.30. The lowest BCUT2D eigenvalue weighted by atomic mass is 10.1. The summed E-state index contributed by atoms with van der Waals surface area (Å²) in [6.07, 6.45) is 0.863. The maximum Gasteiger partial charge on any atom is 0.327 e. The first-order chi connectivity index (χ1) is 7.70. The van der Waals surface area contributed by atoms with Crippen LogP contribution in [0.5, 0.6) is 0 Å². The molecule has 0 aliphatic heterocycles.